The molecule has 26 heavy (non-hydrogen) atoms. The smallest absolute Gasteiger partial charge is 0.260 e. The molecule has 0 radical (unpaired) electrons. The van der Waals surface area contributed by atoms with E-state index in [1.54, 1.807) is 21.9 Å². The lowest BCUT2D eigenvalue weighted by Gasteiger charge is -2.32. The van der Waals surface area contributed by atoms with E-state index < -0.39 is 0 Å². The van der Waals surface area contributed by atoms with Crippen LogP contribution in [-0.4, -0.2) is 74.6 Å². The third-order valence-corrected chi connectivity index (χ3v) is 5.11. The predicted octanol–water partition coefficient (Wildman–Crippen LogP) is 0.120. The lowest BCUT2D eigenvalue weighted by Crippen LogP contribution is -2.45. The summed E-state index contributed by atoms with van der Waals surface area (Å²) in [7, 11) is 1.83. The molecule has 3 saturated heterocycles. The van der Waals surface area contributed by atoms with Crippen LogP contribution >= 0.6 is 0 Å². The normalized spacial score (nSPS) is 22.4. The number of likely N-dealkylation sites (N-methyl/N-ethyl adjacent to an activating group) is 1. The molecule has 5 rings (SSSR count). The molecule has 9 nitrogen and oxygen atoms in total. The average molecular weight is 356 g/mol. The number of benzene rings is 1. The second kappa shape index (κ2) is 6.74. The van der Waals surface area contributed by atoms with Gasteiger partial charge in [-0.05, 0) is 35.4 Å². The third-order valence-electron chi connectivity index (χ3n) is 5.11. The van der Waals surface area contributed by atoms with E-state index in [-0.39, 0.29) is 30.4 Å². The summed E-state index contributed by atoms with van der Waals surface area (Å²) in [4.78, 5) is 28.4. The number of tetrazole rings is 1. The van der Waals surface area contributed by atoms with Crippen LogP contribution in [0.2, 0.25) is 0 Å². The minimum atomic E-state index is -0.0992. The molecule has 2 atom stereocenters. The highest BCUT2D eigenvalue weighted by atomic mass is 16.5. The van der Waals surface area contributed by atoms with Crippen LogP contribution in [0, 0.1) is 5.92 Å². The van der Waals surface area contributed by atoms with Crippen LogP contribution in [0.3, 0.4) is 0 Å². The minimum Gasteiger partial charge on any atom is -0.484 e. The Morgan fingerprint density at radius 2 is 2.19 bits per heavy atom. The molecule has 1 aromatic heterocycles. The van der Waals surface area contributed by atoms with Crippen molar-refractivity contribution >= 4 is 11.8 Å². The van der Waals surface area contributed by atoms with Crippen LogP contribution < -0.4 is 4.74 Å². The number of piperidine rings is 1. The standard InChI is InChI=1S/C17H20N6O3/c1-21-14-6-5-12(17(21)25)8-22(9-14)16(24)10-26-15-4-2-3-13(7-15)23-11-18-19-20-23/h2-4,7,11-12,14H,5-6,8-10H2,1H3/t12-,14+/m1/s1. The molecule has 136 valence electrons. The first-order chi connectivity index (χ1) is 12.6. The Morgan fingerprint density at radius 3 is 3.00 bits per heavy atom. The Hall–Kier alpha value is -2.97. The summed E-state index contributed by atoms with van der Waals surface area (Å²) in [6.07, 6.45) is 3.29. The Labute approximate surface area is 150 Å². The van der Waals surface area contributed by atoms with Crippen molar-refractivity contribution in [3.63, 3.8) is 0 Å². The Bertz CT molecular complexity index is 809. The van der Waals surface area contributed by atoms with Gasteiger partial charge in [-0.15, -0.1) is 5.10 Å². The maximum absolute atomic E-state index is 12.6. The lowest BCUT2D eigenvalue weighted by molar-refractivity contribution is -0.138. The summed E-state index contributed by atoms with van der Waals surface area (Å²) < 4.78 is 7.19. The highest BCUT2D eigenvalue weighted by Gasteiger charge is 2.40. The fourth-order valence-corrected chi connectivity index (χ4v) is 3.59. The third kappa shape index (κ3) is 3.12. The molecular weight excluding hydrogens is 336 g/mol. The van der Waals surface area contributed by atoms with E-state index in [4.69, 9.17) is 4.74 Å². The highest BCUT2D eigenvalue weighted by Crippen LogP contribution is 2.28. The number of hydrogen-bond acceptors (Lipinski definition) is 6. The largest absolute Gasteiger partial charge is 0.484 e. The number of fused-ring (bicyclic) bond motifs is 4. The molecule has 2 bridgehead atoms. The molecule has 1 aromatic carbocycles. The fourth-order valence-electron chi connectivity index (χ4n) is 3.59. The van der Waals surface area contributed by atoms with Crippen LogP contribution in [0.5, 0.6) is 5.75 Å². The van der Waals surface area contributed by atoms with Crippen molar-refractivity contribution in [2.75, 3.05) is 26.7 Å². The number of nitrogens with zero attached hydrogens (tertiary/aromatic N) is 6. The molecule has 9 heteroatoms. The van der Waals surface area contributed by atoms with Gasteiger partial charge in [0.05, 0.1) is 11.6 Å². The zero-order valence-electron chi connectivity index (χ0n) is 14.5. The number of rotatable bonds is 4. The molecule has 3 aliphatic rings. The zero-order chi connectivity index (χ0) is 18.1. The lowest BCUT2D eigenvalue weighted by atomic mass is 9.95. The predicted molar refractivity (Wildman–Crippen MR) is 90.5 cm³/mol. The molecule has 0 saturated carbocycles. The number of carbonyl (C=O) groups excluding carboxylic acids is 2. The van der Waals surface area contributed by atoms with Gasteiger partial charge >= 0.3 is 0 Å². The number of hydrogen-bond donors (Lipinski definition) is 0. The number of carbonyl (C=O) groups is 2. The van der Waals surface area contributed by atoms with Gasteiger partial charge < -0.3 is 14.5 Å². The summed E-state index contributed by atoms with van der Waals surface area (Å²) in [5.41, 5.74) is 0.750. The van der Waals surface area contributed by atoms with Crippen LogP contribution in [0.15, 0.2) is 30.6 Å². The van der Waals surface area contributed by atoms with Crippen molar-refractivity contribution in [2.24, 2.45) is 5.92 Å². The molecule has 2 amide bonds. The van der Waals surface area contributed by atoms with E-state index in [1.807, 2.05) is 19.2 Å². The molecule has 0 spiro atoms. The first-order valence-corrected chi connectivity index (χ1v) is 8.62. The van der Waals surface area contributed by atoms with Gasteiger partial charge in [-0.1, -0.05) is 6.07 Å². The van der Waals surface area contributed by atoms with Gasteiger partial charge in [-0.2, -0.15) is 0 Å². The van der Waals surface area contributed by atoms with Gasteiger partial charge in [0.15, 0.2) is 6.61 Å². The summed E-state index contributed by atoms with van der Waals surface area (Å²) in [5, 5.41) is 11.0. The van der Waals surface area contributed by atoms with E-state index in [9.17, 15) is 9.59 Å². The average Bonchev–Trinajstić information content (AvgIpc) is 3.07. The van der Waals surface area contributed by atoms with Crippen LogP contribution in [0.25, 0.3) is 5.69 Å². The first kappa shape index (κ1) is 16.5. The van der Waals surface area contributed by atoms with Crippen molar-refractivity contribution in [2.45, 2.75) is 18.9 Å². The van der Waals surface area contributed by atoms with Gasteiger partial charge in [-0.25, -0.2) is 4.68 Å². The maximum Gasteiger partial charge on any atom is 0.260 e. The van der Waals surface area contributed by atoms with Crippen molar-refractivity contribution in [1.29, 1.82) is 0 Å². The van der Waals surface area contributed by atoms with Gasteiger partial charge in [-0.3, -0.25) is 9.59 Å². The topological polar surface area (TPSA) is 93.5 Å². The van der Waals surface area contributed by atoms with Gasteiger partial charge in [0.2, 0.25) is 5.91 Å². The summed E-state index contributed by atoms with van der Waals surface area (Å²) in [6.45, 7) is 0.995. The monoisotopic (exact) mass is 356 g/mol. The van der Waals surface area contributed by atoms with E-state index in [1.165, 1.54) is 11.0 Å². The SMILES string of the molecule is CN1C(=O)[C@@H]2CC[C@H]1CN(C(=O)COc1cccc(-n3cnnn3)c1)C2. The number of aromatic nitrogens is 4. The molecule has 3 fully saturated rings. The molecule has 0 aliphatic carbocycles. The quantitative estimate of drug-likeness (QED) is 0.772. The number of ether oxygens (including phenoxy) is 1. The molecule has 0 unspecified atom stereocenters. The van der Waals surface area contributed by atoms with Crippen LogP contribution in [0.4, 0.5) is 0 Å². The van der Waals surface area contributed by atoms with E-state index in [0.717, 1.165) is 18.5 Å². The maximum atomic E-state index is 12.6. The molecule has 4 heterocycles. The molecule has 2 aromatic rings. The van der Waals surface area contributed by atoms with E-state index >= 15 is 0 Å². The van der Waals surface area contributed by atoms with Crippen molar-refractivity contribution in [1.82, 2.24) is 30.0 Å². The van der Waals surface area contributed by atoms with Crippen molar-refractivity contribution < 1.29 is 14.3 Å². The second-order valence-corrected chi connectivity index (χ2v) is 6.72. The van der Waals surface area contributed by atoms with Crippen molar-refractivity contribution in [3.05, 3.63) is 30.6 Å². The highest BCUT2D eigenvalue weighted by molar-refractivity contribution is 5.83. The zero-order valence-corrected chi connectivity index (χ0v) is 14.5. The Balaban J connectivity index is 1.40. The van der Waals surface area contributed by atoms with Gasteiger partial charge in [0.25, 0.3) is 5.91 Å². The van der Waals surface area contributed by atoms with Gasteiger partial charge in [0.1, 0.15) is 12.1 Å². The fraction of sp³-hybridized carbons (Fsp3) is 0.471. The Morgan fingerprint density at radius 1 is 1.31 bits per heavy atom. The van der Waals surface area contributed by atoms with Crippen molar-refractivity contribution in [3.8, 4) is 11.4 Å². The Kier molecular flexibility index (Phi) is 4.27. The first-order valence-electron chi connectivity index (χ1n) is 8.62. The van der Waals surface area contributed by atoms with E-state index in [0.29, 0.717) is 18.8 Å². The van der Waals surface area contributed by atoms with E-state index in [2.05, 4.69) is 15.5 Å². The summed E-state index contributed by atoms with van der Waals surface area (Å²) in [5.74, 6) is 0.521. The summed E-state index contributed by atoms with van der Waals surface area (Å²) in [6, 6.07) is 7.32. The molecule has 0 N–H and O–H groups in total. The van der Waals surface area contributed by atoms with Crippen LogP contribution in [-0.2, 0) is 9.59 Å². The molecular formula is C17H20N6O3. The summed E-state index contributed by atoms with van der Waals surface area (Å²) >= 11 is 0. The van der Waals surface area contributed by atoms with Gasteiger partial charge in [0, 0.05) is 32.2 Å². The molecule has 3 aliphatic heterocycles. The van der Waals surface area contributed by atoms with Crippen LogP contribution in [0.1, 0.15) is 12.8 Å². The second-order valence-electron chi connectivity index (χ2n) is 6.72. The minimum absolute atomic E-state index is 0.0591. The number of amides is 2.